The van der Waals surface area contributed by atoms with E-state index in [0.29, 0.717) is 6.54 Å². The summed E-state index contributed by atoms with van der Waals surface area (Å²) < 4.78 is 0. The van der Waals surface area contributed by atoms with E-state index in [1.165, 1.54) is 10.4 Å². The predicted molar refractivity (Wildman–Crippen MR) is 75.9 cm³/mol. The molecule has 0 saturated carbocycles. The van der Waals surface area contributed by atoms with E-state index >= 15 is 0 Å². The number of benzene rings is 1. The highest BCUT2D eigenvalue weighted by atomic mass is 35.5. The minimum Gasteiger partial charge on any atom is -0.376 e. The third kappa shape index (κ3) is 3.22. The molecule has 1 atom stereocenters. The van der Waals surface area contributed by atoms with E-state index in [4.69, 9.17) is 17.3 Å². The molecule has 3 N–H and O–H groups in total. The van der Waals surface area contributed by atoms with Crippen LogP contribution in [0.4, 0.5) is 5.69 Å². The van der Waals surface area contributed by atoms with Crippen molar-refractivity contribution in [3.63, 3.8) is 0 Å². The molecule has 0 amide bonds. The lowest BCUT2D eigenvalue weighted by Crippen LogP contribution is -2.19. The fourth-order valence-corrected chi connectivity index (χ4v) is 2.84. The SMILES string of the molecule is Cc1cccc(NC(CN)c2cc(Cl)cs2)c1. The highest BCUT2D eigenvalue weighted by Gasteiger charge is 2.11. The fourth-order valence-electron chi connectivity index (χ4n) is 1.69. The van der Waals surface area contributed by atoms with Gasteiger partial charge in [-0.2, -0.15) is 0 Å². The summed E-state index contributed by atoms with van der Waals surface area (Å²) in [6, 6.07) is 10.3. The number of nitrogens with two attached hydrogens (primary N) is 1. The van der Waals surface area contributed by atoms with Gasteiger partial charge in [-0.3, -0.25) is 0 Å². The Balaban J connectivity index is 2.15. The average molecular weight is 267 g/mol. The molecule has 2 nitrogen and oxygen atoms in total. The van der Waals surface area contributed by atoms with Crippen molar-refractivity contribution in [3.05, 3.63) is 51.2 Å². The van der Waals surface area contributed by atoms with E-state index in [-0.39, 0.29) is 6.04 Å². The molecule has 0 aliphatic carbocycles. The van der Waals surface area contributed by atoms with Crippen LogP contribution in [0, 0.1) is 6.92 Å². The Bertz CT molecular complexity index is 496. The molecule has 90 valence electrons. The topological polar surface area (TPSA) is 38.0 Å². The smallest absolute Gasteiger partial charge is 0.0729 e. The van der Waals surface area contributed by atoms with Gasteiger partial charge in [-0.15, -0.1) is 11.3 Å². The lowest BCUT2D eigenvalue weighted by Gasteiger charge is -2.17. The molecule has 0 fully saturated rings. The highest BCUT2D eigenvalue weighted by molar-refractivity contribution is 7.10. The molecule has 0 aliphatic rings. The van der Waals surface area contributed by atoms with Gasteiger partial charge < -0.3 is 11.1 Å². The summed E-state index contributed by atoms with van der Waals surface area (Å²) in [6.07, 6.45) is 0. The van der Waals surface area contributed by atoms with Gasteiger partial charge in [0.25, 0.3) is 0 Å². The maximum atomic E-state index is 5.93. The van der Waals surface area contributed by atoms with Gasteiger partial charge in [0.15, 0.2) is 0 Å². The van der Waals surface area contributed by atoms with Crippen LogP contribution in [0.1, 0.15) is 16.5 Å². The van der Waals surface area contributed by atoms with Crippen molar-refractivity contribution in [2.75, 3.05) is 11.9 Å². The zero-order valence-electron chi connectivity index (χ0n) is 9.61. The largest absolute Gasteiger partial charge is 0.376 e. The van der Waals surface area contributed by atoms with Crippen LogP contribution < -0.4 is 11.1 Å². The molecule has 0 spiro atoms. The number of hydrogen-bond acceptors (Lipinski definition) is 3. The van der Waals surface area contributed by atoms with Crippen molar-refractivity contribution >= 4 is 28.6 Å². The zero-order chi connectivity index (χ0) is 12.3. The molecule has 4 heteroatoms. The van der Waals surface area contributed by atoms with Gasteiger partial charge in [-0.25, -0.2) is 0 Å². The molecule has 2 rings (SSSR count). The van der Waals surface area contributed by atoms with Crippen LogP contribution in [0.5, 0.6) is 0 Å². The van der Waals surface area contributed by atoms with Crippen LogP contribution in [-0.2, 0) is 0 Å². The number of halogens is 1. The standard InChI is InChI=1S/C13H15ClN2S/c1-9-3-2-4-11(5-9)16-12(7-15)13-6-10(14)8-17-13/h2-6,8,12,16H,7,15H2,1H3. The molecule has 1 aromatic carbocycles. The molecular weight excluding hydrogens is 252 g/mol. The van der Waals surface area contributed by atoms with E-state index in [9.17, 15) is 0 Å². The van der Waals surface area contributed by atoms with E-state index < -0.39 is 0 Å². The van der Waals surface area contributed by atoms with Gasteiger partial charge >= 0.3 is 0 Å². The van der Waals surface area contributed by atoms with Gasteiger partial charge in [0, 0.05) is 22.5 Å². The maximum Gasteiger partial charge on any atom is 0.0729 e. The summed E-state index contributed by atoms with van der Waals surface area (Å²) in [7, 11) is 0. The molecule has 0 bridgehead atoms. The summed E-state index contributed by atoms with van der Waals surface area (Å²) in [5, 5.41) is 6.13. The van der Waals surface area contributed by atoms with E-state index in [0.717, 1.165) is 10.7 Å². The van der Waals surface area contributed by atoms with Gasteiger partial charge in [0.1, 0.15) is 0 Å². The van der Waals surface area contributed by atoms with Gasteiger partial charge in [-0.05, 0) is 30.7 Å². The summed E-state index contributed by atoms with van der Waals surface area (Å²) >= 11 is 7.56. The van der Waals surface area contributed by atoms with Crippen LogP contribution in [-0.4, -0.2) is 6.54 Å². The number of nitrogens with one attached hydrogen (secondary N) is 1. The van der Waals surface area contributed by atoms with Crippen molar-refractivity contribution in [1.82, 2.24) is 0 Å². The summed E-state index contributed by atoms with van der Waals surface area (Å²) in [5.41, 5.74) is 8.12. The van der Waals surface area contributed by atoms with Crippen LogP contribution in [0.2, 0.25) is 5.02 Å². The fraction of sp³-hybridized carbons (Fsp3) is 0.231. The average Bonchev–Trinajstić information content (AvgIpc) is 2.73. The van der Waals surface area contributed by atoms with Crippen molar-refractivity contribution < 1.29 is 0 Å². The molecule has 1 aromatic heterocycles. The quantitative estimate of drug-likeness (QED) is 0.883. The first-order valence-corrected chi connectivity index (χ1v) is 6.72. The Labute approximate surface area is 110 Å². The molecule has 0 saturated heterocycles. The van der Waals surface area contributed by atoms with Crippen molar-refractivity contribution in [3.8, 4) is 0 Å². The Morgan fingerprint density at radius 1 is 1.41 bits per heavy atom. The number of aryl methyl sites for hydroxylation is 1. The van der Waals surface area contributed by atoms with Crippen LogP contribution >= 0.6 is 22.9 Å². The lowest BCUT2D eigenvalue weighted by atomic mass is 10.2. The first-order valence-electron chi connectivity index (χ1n) is 5.46. The Kier molecular flexibility index (Phi) is 4.05. The Hall–Kier alpha value is -1.03. The molecule has 2 aromatic rings. The summed E-state index contributed by atoms with van der Waals surface area (Å²) in [5.74, 6) is 0. The minimum absolute atomic E-state index is 0.120. The molecule has 0 aliphatic heterocycles. The first-order chi connectivity index (χ1) is 8.19. The van der Waals surface area contributed by atoms with E-state index in [1.54, 1.807) is 11.3 Å². The number of hydrogen-bond donors (Lipinski definition) is 2. The van der Waals surface area contributed by atoms with Crippen molar-refractivity contribution in [1.29, 1.82) is 0 Å². The molecule has 17 heavy (non-hydrogen) atoms. The van der Waals surface area contributed by atoms with Gasteiger partial charge in [0.05, 0.1) is 11.1 Å². The van der Waals surface area contributed by atoms with Crippen LogP contribution in [0.15, 0.2) is 35.7 Å². The third-order valence-corrected chi connectivity index (χ3v) is 3.92. The molecular formula is C13H15ClN2S. The number of rotatable bonds is 4. The maximum absolute atomic E-state index is 5.93. The molecule has 1 unspecified atom stereocenters. The zero-order valence-corrected chi connectivity index (χ0v) is 11.2. The van der Waals surface area contributed by atoms with Gasteiger partial charge in [-0.1, -0.05) is 23.7 Å². The van der Waals surface area contributed by atoms with Gasteiger partial charge in [0.2, 0.25) is 0 Å². The molecule has 0 radical (unpaired) electrons. The Morgan fingerprint density at radius 2 is 2.24 bits per heavy atom. The number of thiophene rings is 1. The second-order valence-corrected chi connectivity index (χ2v) is 5.35. The summed E-state index contributed by atoms with van der Waals surface area (Å²) in [6.45, 7) is 2.62. The van der Waals surface area contributed by atoms with Crippen LogP contribution in [0.3, 0.4) is 0 Å². The lowest BCUT2D eigenvalue weighted by molar-refractivity contribution is 0.806. The second-order valence-electron chi connectivity index (χ2n) is 3.97. The summed E-state index contributed by atoms with van der Waals surface area (Å²) in [4.78, 5) is 1.17. The van der Waals surface area contributed by atoms with Crippen molar-refractivity contribution in [2.24, 2.45) is 5.73 Å². The molecule has 1 heterocycles. The van der Waals surface area contributed by atoms with Crippen molar-refractivity contribution in [2.45, 2.75) is 13.0 Å². The Morgan fingerprint density at radius 3 is 2.82 bits per heavy atom. The first kappa shape index (κ1) is 12.4. The van der Waals surface area contributed by atoms with E-state index in [2.05, 4.69) is 24.4 Å². The monoisotopic (exact) mass is 266 g/mol. The number of anilines is 1. The second kappa shape index (κ2) is 5.54. The minimum atomic E-state index is 0.120. The van der Waals surface area contributed by atoms with Crippen LogP contribution in [0.25, 0.3) is 0 Å². The normalized spacial score (nSPS) is 12.4. The van der Waals surface area contributed by atoms with E-state index in [1.807, 2.05) is 23.6 Å². The third-order valence-electron chi connectivity index (χ3n) is 2.53. The highest BCUT2D eigenvalue weighted by Crippen LogP contribution is 2.27. The predicted octanol–water partition coefficient (Wildman–Crippen LogP) is 3.82.